The second-order valence-electron chi connectivity index (χ2n) is 10.6. The van der Waals surface area contributed by atoms with Gasteiger partial charge in [0.15, 0.2) is 5.82 Å². The van der Waals surface area contributed by atoms with Crippen molar-refractivity contribution in [2.24, 2.45) is 0 Å². The maximum atomic E-state index is 15.4. The molecule has 0 aliphatic carbocycles. The number of hydrogen-bond acceptors (Lipinski definition) is 8. The normalized spacial score (nSPS) is 19.9. The highest BCUT2D eigenvalue weighted by Gasteiger charge is 2.49. The van der Waals surface area contributed by atoms with E-state index in [9.17, 15) is 13.9 Å². The Kier molecular flexibility index (Phi) is 6.95. The molecule has 2 aliphatic heterocycles. The van der Waals surface area contributed by atoms with Crippen molar-refractivity contribution in [1.82, 2.24) is 20.1 Å². The van der Waals surface area contributed by atoms with Gasteiger partial charge in [-0.25, -0.2) is 4.39 Å². The number of rotatable bonds is 6. The minimum absolute atomic E-state index is 0.0273. The van der Waals surface area contributed by atoms with Crippen LogP contribution in [0.4, 0.5) is 24.7 Å². The van der Waals surface area contributed by atoms with Crippen LogP contribution in [0.1, 0.15) is 43.6 Å². The molecule has 0 spiro atoms. The van der Waals surface area contributed by atoms with Crippen molar-refractivity contribution in [1.29, 1.82) is 0 Å². The lowest BCUT2D eigenvalue weighted by Gasteiger charge is -2.44. The van der Waals surface area contributed by atoms with Gasteiger partial charge in [0.1, 0.15) is 11.4 Å². The Morgan fingerprint density at radius 2 is 1.97 bits per heavy atom. The molecule has 38 heavy (non-hydrogen) atoms. The standard InChI is InChI=1S/C27H33F3N6O2/c1-16(20-6-5-7-22(23(20)28)27(29,30)26(3,4)37)32-25-21-12-18(13-31-24(21)17(2)33-34-25)36-9-8-35-10-11-38-15-19(35)14-36/h5-7,12-13,16,19,37H,8-11,14-15H2,1-4H3,(H,32,34)/t16-,19+/m1/s1. The Balaban J connectivity index is 1.45. The average molecular weight is 531 g/mol. The van der Waals surface area contributed by atoms with Crippen molar-refractivity contribution in [2.75, 3.05) is 49.6 Å². The number of pyridine rings is 1. The maximum absolute atomic E-state index is 15.4. The third kappa shape index (κ3) is 4.78. The summed E-state index contributed by atoms with van der Waals surface area (Å²) in [6.07, 6.45) is 1.82. The number of hydrogen-bond donors (Lipinski definition) is 2. The van der Waals surface area contributed by atoms with E-state index in [2.05, 4.69) is 30.3 Å². The number of alkyl halides is 2. The summed E-state index contributed by atoms with van der Waals surface area (Å²) in [5.41, 5.74) is -1.03. The van der Waals surface area contributed by atoms with E-state index in [1.54, 1.807) is 6.92 Å². The molecule has 0 saturated carbocycles. The van der Waals surface area contributed by atoms with Crippen molar-refractivity contribution >= 4 is 22.4 Å². The van der Waals surface area contributed by atoms with Crippen LogP contribution >= 0.6 is 0 Å². The molecule has 204 valence electrons. The number of nitrogens with zero attached hydrogens (tertiary/aromatic N) is 5. The van der Waals surface area contributed by atoms with Gasteiger partial charge in [0, 0.05) is 37.1 Å². The molecule has 5 rings (SSSR count). The van der Waals surface area contributed by atoms with Gasteiger partial charge in [0.05, 0.1) is 54.0 Å². The van der Waals surface area contributed by atoms with Crippen LogP contribution in [0.5, 0.6) is 0 Å². The first-order valence-corrected chi connectivity index (χ1v) is 12.8. The smallest absolute Gasteiger partial charge is 0.303 e. The minimum Gasteiger partial charge on any atom is -0.384 e. The predicted octanol–water partition coefficient (Wildman–Crippen LogP) is 4.03. The number of aryl methyl sites for hydroxylation is 1. The van der Waals surface area contributed by atoms with Crippen LogP contribution in [0.3, 0.4) is 0 Å². The van der Waals surface area contributed by atoms with E-state index in [-0.39, 0.29) is 5.56 Å². The molecule has 11 heteroatoms. The highest BCUT2D eigenvalue weighted by molar-refractivity contribution is 5.92. The van der Waals surface area contributed by atoms with Crippen molar-refractivity contribution in [3.8, 4) is 0 Å². The molecule has 0 amide bonds. The lowest BCUT2D eigenvalue weighted by atomic mass is 9.91. The second kappa shape index (κ2) is 9.94. The molecule has 2 fully saturated rings. The van der Waals surface area contributed by atoms with E-state index in [1.807, 2.05) is 19.2 Å². The third-order valence-electron chi connectivity index (χ3n) is 7.53. The summed E-state index contributed by atoms with van der Waals surface area (Å²) in [7, 11) is 0. The molecule has 2 aromatic heterocycles. The van der Waals surface area contributed by atoms with Gasteiger partial charge in [-0.1, -0.05) is 12.1 Å². The third-order valence-corrected chi connectivity index (χ3v) is 7.53. The molecular formula is C27H33F3N6O2. The number of halogens is 3. The number of anilines is 2. The molecule has 2 atom stereocenters. The van der Waals surface area contributed by atoms with E-state index in [0.29, 0.717) is 35.1 Å². The summed E-state index contributed by atoms with van der Waals surface area (Å²) in [4.78, 5) is 9.38. The zero-order valence-electron chi connectivity index (χ0n) is 22.0. The van der Waals surface area contributed by atoms with Crippen LogP contribution in [-0.4, -0.2) is 76.2 Å². The quantitative estimate of drug-likeness (QED) is 0.494. The van der Waals surface area contributed by atoms with Gasteiger partial charge in [-0.05, 0) is 39.8 Å². The fourth-order valence-corrected chi connectivity index (χ4v) is 5.15. The van der Waals surface area contributed by atoms with Crippen molar-refractivity contribution in [2.45, 2.75) is 51.3 Å². The highest BCUT2D eigenvalue weighted by Crippen LogP contribution is 2.41. The van der Waals surface area contributed by atoms with Gasteiger partial charge in [-0.2, -0.15) is 13.9 Å². The number of morpholine rings is 1. The van der Waals surface area contributed by atoms with Crippen LogP contribution in [0.2, 0.25) is 0 Å². The summed E-state index contributed by atoms with van der Waals surface area (Å²) in [6, 6.07) is 5.39. The van der Waals surface area contributed by atoms with Gasteiger partial charge in [0.2, 0.25) is 0 Å². The summed E-state index contributed by atoms with van der Waals surface area (Å²) < 4.78 is 50.7. The van der Waals surface area contributed by atoms with Gasteiger partial charge >= 0.3 is 5.92 Å². The summed E-state index contributed by atoms with van der Waals surface area (Å²) in [5, 5.41) is 22.3. The predicted molar refractivity (Wildman–Crippen MR) is 139 cm³/mol. The molecule has 3 aromatic rings. The molecule has 2 N–H and O–H groups in total. The van der Waals surface area contributed by atoms with E-state index >= 15 is 4.39 Å². The number of fused-ring (bicyclic) bond motifs is 2. The number of piperazine rings is 1. The maximum Gasteiger partial charge on any atom is 0.303 e. The van der Waals surface area contributed by atoms with Crippen LogP contribution < -0.4 is 10.2 Å². The average Bonchev–Trinajstić information content (AvgIpc) is 2.89. The molecule has 0 bridgehead atoms. The first-order chi connectivity index (χ1) is 18.0. The van der Waals surface area contributed by atoms with E-state index in [1.165, 1.54) is 12.1 Å². The minimum atomic E-state index is -3.78. The molecule has 2 aliphatic rings. The fourth-order valence-electron chi connectivity index (χ4n) is 5.15. The molecule has 0 unspecified atom stereocenters. The van der Waals surface area contributed by atoms with Crippen molar-refractivity contribution < 1.29 is 23.0 Å². The molecular weight excluding hydrogens is 497 g/mol. The lowest BCUT2D eigenvalue weighted by molar-refractivity contribution is -0.170. The summed E-state index contributed by atoms with van der Waals surface area (Å²) in [6.45, 7) is 10.4. The monoisotopic (exact) mass is 530 g/mol. The lowest BCUT2D eigenvalue weighted by Crippen LogP contribution is -2.58. The zero-order valence-corrected chi connectivity index (χ0v) is 22.0. The number of aliphatic hydroxyl groups is 1. The van der Waals surface area contributed by atoms with E-state index < -0.39 is 28.9 Å². The van der Waals surface area contributed by atoms with Crippen molar-refractivity contribution in [3.05, 3.63) is 53.1 Å². The summed E-state index contributed by atoms with van der Waals surface area (Å²) in [5.74, 6) is -4.48. The van der Waals surface area contributed by atoms with E-state index in [4.69, 9.17) is 4.74 Å². The SMILES string of the molecule is Cc1nnc(N[C@H](C)c2cccc(C(F)(F)C(C)(C)O)c2F)c2cc(N3CCN4CCOC[C@@H]4C3)cnc12. The molecule has 8 nitrogen and oxygen atoms in total. The number of ether oxygens (including phenoxy) is 1. The molecule has 2 saturated heterocycles. The Morgan fingerprint density at radius 1 is 1.18 bits per heavy atom. The Labute approximate surface area is 219 Å². The van der Waals surface area contributed by atoms with Gasteiger partial charge in [-0.3, -0.25) is 9.88 Å². The Hall–Kier alpha value is -3.02. The van der Waals surface area contributed by atoms with Gasteiger partial charge in [-0.15, -0.1) is 5.10 Å². The highest BCUT2D eigenvalue weighted by atomic mass is 19.3. The number of nitrogens with one attached hydrogen (secondary N) is 1. The fraction of sp³-hybridized carbons (Fsp3) is 0.519. The Bertz CT molecular complexity index is 1330. The van der Waals surface area contributed by atoms with Gasteiger partial charge in [0.25, 0.3) is 0 Å². The van der Waals surface area contributed by atoms with E-state index in [0.717, 1.165) is 58.4 Å². The first kappa shape index (κ1) is 26.6. The van der Waals surface area contributed by atoms with Gasteiger partial charge < -0.3 is 20.1 Å². The number of aromatic nitrogens is 3. The van der Waals surface area contributed by atoms with Crippen LogP contribution in [-0.2, 0) is 10.7 Å². The zero-order chi connectivity index (χ0) is 27.2. The van der Waals surface area contributed by atoms with Crippen LogP contribution in [0.25, 0.3) is 10.9 Å². The topological polar surface area (TPSA) is 86.6 Å². The summed E-state index contributed by atoms with van der Waals surface area (Å²) >= 11 is 0. The van der Waals surface area contributed by atoms with Crippen LogP contribution in [0.15, 0.2) is 30.5 Å². The molecule has 4 heterocycles. The Morgan fingerprint density at radius 3 is 2.74 bits per heavy atom. The second-order valence-corrected chi connectivity index (χ2v) is 10.6. The number of benzene rings is 1. The van der Waals surface area contributed by atoms with Crippen molar-refractivity contribution in [3.63, 3.8) is 0 Å². The molecule has 1 aromatic carbocycles. The molecule has 0 radical (unpaired) electrons. The largest absolute Gasteiger partial charge is 0.384 e. The van der Waals surface area contributed by atoms with Crippen LogP contribution in [0, 0.1) is 12.7 Å². The first-order valence-electron chi connectivity index (χ1n) is 12.8.